The van der Waals surface area contributed by atoms with Crippen LogP contribution in [0.3, 0.4) is 0 Å². The van der Waals surface area contributed by atoms with Crippen LogP contribution in [0.4, 0.5) is 0 Å². The van der Waals surface area contributed by atoms with Crippen molar-refractivity contribution in [2.45, 2.75) is 65.5 Å². The third-order valence-electron chi connectivity index (χ3n) is 4.38. The van der Waals surface area contributed by atoms with Gasteiger partial charge in [0.15, 0.2) is 5.78 Å². The number of likely N-dealkylation sites (tertiary alicyclic amines) is 1. The van der Waals surface area contributed by atoms with Gasteiger partial charge in [0, 0.05) is 11.5 Å². The Labute approximate surface area is 99.4 Å². The van der Waals surface area contributed by atoms with Gasteiger partial charge in [0.2, 0.25) is 0 Å². The van der Waals surface area contributed by atoms with Crippen LogP contribution in [0.5, 0.6) is 0 Å². The Morgan fingerprint density at radius 2 is 2.00 bits per heavy atom. The number of carbonyl (C=O) groups is 1. The maximum Gasteiger partial charge on any atom is 0.155 e. The second-order valence-corrected chi connectivity index (χ2v) is 6.45. The van der Waals surface area contributed by atoms with Gasteiger partial charge in [-0.15, -0.1) is 0 Å². The van der Waals surface area contributed by atoms with Crippen molar-refractivity contribution in [3.8, 4) is 0 Å². The van der Waals surface area contributed by atoms with Crippen LogP contribution in [-0.2, 0) is 4.79 Å². The van der Waals surface area contributed by atoms with Gasteiger partial charge < -0.3 is 0 Å². The van der Waals surface area contributed by atoms with Gasteiger partial charge in [0.05, 0.1) is 6.04 Å². The second kappa shape index (κ2) is 4.14. The largest absolute Gasteiger partial charge is 0.297 e. The van der Waals surface area contributed by atoms with Gasteiger partial charge in [-0.25, -0.2) is 0 Å². The zero-order valence-corrected chi connectivity index (χ0v) is 11.1. The van der Waals surface area contributed by atoms with Gasteiger partial charge >= 0.3 is 0 Å². The molecule has 0 aromatic rings. The second-order valence-electron chi connectivity index (χ2n) is 6.45. The Morgan fingerprint density at radius 1 is 1.31 bits per heavy atom. The molecule has 2 rings (SSSR count). The zero-order chi connectivity index (χ0) is 11.9. The molecule has 1 saturated carbocycles. The van der Waals surface area contributed by atoms with E-state index >= 15 is 0 Å². The smallest absolute Gasteiger partial charge is 0.155 e. The molecule has 0 spiro atoms. The van der Waals surface area contributed by atoms with E-state index in [-0.39, 0.29) is 11.5 Å². The number of likely N-dealkylation sites (N-methyl/N-ethyl adjacent to an activating group) is 1. The summed E-state index contributed by atoms with van der Waals surface area (Å²) in [5.41, 5.74) is -0.184. The zero-order valence-electron chi connectivity index (χ0n) is 11.1. The van der Waals surface area contributed by atoms with Crippen molar-refractivity contribution in [2.75, 3.05) is 6.54 Å². The normalized spacial score (nSPS) is 35.4. The average Bonchev–Trinajstić information content (AvgIpc) is 2.73. The lowest BCUT2D eigenvalue weighted by Crippen LogP contribution is -2.44. The van der Waals surface area contributed by atoms with Crippen molar-refractivity contribution in [3.63, 3.8) is 0 Å². The first-order valence-electron chi connectivity index (χ1n) is 6.75. The van der Waals surface area contributed by atoms with E-state index < -0.39 is 0 Å². The van der Waals surface area contributed by atoms with Crippen molar-refractivity contribution < 1.29 is 4.79 Å². The lowest BCUT2D eigenvalue weighted by molar-refractivity contribution is -0.131. The van der Waals surface area contributed by atoms with Crippen LogP contribution in [0.15, 0.2) is 0 Å². The maximum absolute atomic E-state index is 12.4. The number of rotatable bonds is 2. The van der Waals surface area contributed by atoms with Crippen LogP contribution in [0.2, 0.25) is 0 Å². The molecule has 0 bridgehead atoms. The third-order valence-corrected chi connectivity index (χ3v) is 4.38. The summed E-state index contributed by atoms with van der Waals surface area (Å²) in [6.07, 6.45) is 5.14. The Balaban J connectivity index is 2.14. The molecule has 0 N–H and O–H groups in total. The molecule has 0 radical (unpaired) electrons. The first-order valence-corrected chi connectivity index (χ1v) is 6.75. The van der Waals surface area contributed by atoms with Crippen LogP contribution >= 0.6 is 0 Å². The molecule has 0 aromatic carbocycles. The molecule has 1 aliphatic carbocycles. The minimum absolute atomic E-state index is 0.184. The molecule has 1 heterocycles. The SMILES string of the molecule is CCN1C(C(=O)C(C)(C)C)CC2CCCC21. The molecule has 2 fully saturated rings. The number of hydrogen-bond donors (Lipinski definition) is 0. The average molecular weight is 223 g/mol. The predicted octanol–water partition coefficient (Wildman–Crippen LogP) is 2.86. The number of fused-ring (bicyclic) bond motifs is 1. The monoisotopic (exact) mass is 223 g/mol. The highest BCUT2D eigenvalue weighted by atomic mass is 16.1. The van der Waals surface area contributed by atoms with E-state index in [4.69, 9.17) is 0 Å². The van der Waals surface area contributed by atoms with Crippen molar-refractivity contribution in [1.29, 1.82) is 0 Å². The molecule has 2 aliphatic rings. The fourth-order valence-corrected chi connectivity index (χ4v) is 3.59. The summed E-state index contributed by atoms with van der Waals surface area (Å²) < 4.78 is 0. The van der Waals surface area contributed by atoms with Gasteiger partial charge in [-0.2, -0.15) is 0 Å². The number of carbonyl (C=O) groups excluding carboxylic acids is 1. The van der Waals surface area contributed by atoms with Crippen molar-refractivity contribution in [2.24, 2.45) is 11.3 Å². The topological polar surface area (TPSA) is 20.3 Å². The quantitative estimate of drug-likeness (QED) is 0.717. The van der Waals surface area contributed by atoms with E-state index in [9.17, 15) is 4.79 Å². The molecule has 3 atom stereocenters. The summed E-state index contributed by atoms with van der Waals surface area (Å²) in [5.74, 6) is 1.25. The highest BCUT2D eigenvalue weighted by Crippen LogP contribution is 2.42. The van der Waals surface area contributed by atoms with E-state index in [2.05, 4.69) is 32.6 Å². The molecule has 0 aromatic heterocycles. The molecule has 2 nitrogen and oxygen atoms in total. The standard InChI is InChI=1S/C14H25NO/c1-5-15-11-8-6-7-10(11)9-12(15)13(16)14(2,3)4/h10-12H,5-9H2,1-4H3. The van der Waals surface area contributed by atoms with E-state index in [1.54, 1.807) is 0 Å². The molecular formula is C14H25NO. The van der Waals surface area contributed by atoms with Crippen molar-refractivity contribution in [1.82, 2.24) is 4.90 Å². The summed E-state index contributed by atoms with van der Waals surface area (Å²) in [4.78, 5) is 14.9. The minimum atomic E-state index is -0.184. The van der Waals surface area contributed by atoms with Crippen molar-refractivity contribution >= 4 is 5.78 Å². The van der Waals surface area contributed by atoms with Crippen LogP contribution in [0.1, 0.15) is 53.4 Å². The molecule has 1 saturated heterocycles. The Morgan fingerprint density at radius 3 is 2.56 bits per heavy atom. The van der Waals surface area contributed by atoms with E-state index in [0.29, 0.717) is 11.8 Å². The van der Waals surface area contributed by atoms with Crippen LogP contribution in [0.25, 0.3) is 0 Å². The Bertz CT molecular complexity index is 279. The summed E-state index contributed by atoms with van der Waals surface area (Å²) in [7, 11) is 0. The number of hydrogen-bond acceptors (Lipinski definition) is 2. The summed E-state index contributed by atoms with van der Waals surface area (Å²) in [6.45, 7) is 9.39. The fraction of sp³-hybridized carbons (Fsp3) is 0.929. The molecule has 16 heavy (non-hydrogen) atoms. The molecular weight excluding hydrogens is 198 g/mol. The number of nitrogens with zero attached hydrogens (tertiary/aromatic N) is 1. The third kappa shape index (κ3) is 1.92. The lowest BCUT2D eigenvalue weighted by atomic mass is 9.84. The van der Waals surface area contributed by atoms with Crippen LogP contribution in [-0.4, -0.2) is 29.3 Å². The van der Waals surface area contributed by atoms with Gasteiger partial charge in [-0.05, 0) is 31.7 Å². The molecule has 3 unspecified atom stereocenters. The van der Waals surface area contributed by atoms with Gasteiger partial charge in [-0.1, -0.05) is 34.1 Å². The minimum Gasteiger partial charge on any atom is -0.297 e. The van der Waals surface area contributed by atoms with Gasteiger partial charge in [0.1, 0.15) is 0 Å². The Kier molecular flexibility index (Phi) is 3.13. The van der Waals surface area contributed by atoms with E-state index in [1.165, 1.54) is 19.3 Å². The molecule has 0 amide bonds. The first-order chi connectivity index (χ1) is 7.45. The lowest BCUT2D eigenvalue weighted by Gasteiger charge is -2.31. The summed E-state index contributed by atoms with van der Waals surface area (Å²) >= 11 is 0. The summed E-state index contributed by atoms with van der Waals surface area (Å²) in [5, 5.41) is 0. The van der Waals surface area contributed by atoms with Gasteiger partial charge in [0.25, 0.3) is 0 Å². The van der Waals surface area contributed by atoms with Crippen LogP contribution < -0.4 is 0 Å². The highest BCUT2D eigenvalue weighted by Gasteiger charge is 2.47. The van der Waals surface area contributed by atoms with Crippen molar-refractivity contribution in [3.05, 3.63) is 0 Å². The Hall–Kier alpha value is -0.370. The molecule has 1 aliphatic heterocycles. The van der Waals surface area contributed by atoms with Gasteiger partial charge in [-0.3, -0.25) is 9.69 Å². The van der Waals surface area contributed by atoms with E-state index in [0.717, 1.165) is 18.9 Å². The number of ketones is 1. The highest BCUT2D eigenvalue weighted by molar-refractivity contribution is 5.89. The van der Waals surface area contributed by atoms with E-state index in [1.807, 2.05) is 0 Å². The maximum atomic E-state index is 12.4. The molecule has 2 heteroatoms. The predicted molar refractivity (Wildman–Crippen MR) is 66.4 cm³/mol. The molecule has 92 valence electrons. The number of Topliss-reactive ketones (excluding diaryl/α,β-unsaturated/α-hetero) is 1. The fourth-order valence-electron chi connectivity index (χ4n) is 3.59. The van der Waals surface area contributed by atoms with Crippen LogP contribution in [0, 0.1) is 11.3 Å². The summed E-state index contributed by atoms with van der Waals surface area (Å²) in [6, 6.07) is 0.918. The first kappa shape index (κ1) is 12.1.